The molecule has 0 spiro atoms. The summed E-state index contributed by atoms with van der Waals surface area (Å²) in [5.74, 6) is 0.0663. The minimum Gasteiger partial charge on any atom is -0.397 e. The lowest BCUT2D eigenvalue weighted by molar-refractivity contribution is 0.0960. The van der Waals surface area contributed by atoms with E-state index < -0.39 is 13.0 Å². The minimum atomic E-state index is -2.43. The smallest absolute Gasteiger partial charge is 0.263 e. The van der Waals surface area contributed by atoms with Crippen molar-refractivity contribution < 1.29 is 13.6 Å². The summed E-state index contributed by atoms with van der Waals surface area (Å²) in [4.78, 5) is 12.3. The van der Waals surface area contributed by atoms with E-state index in [1.165, 1.54) is 0 Å². The average molecular weight is 289 g/mol. The number of hydrogen-bond acceptors (Lipinski definition) is 4. The molecule has 1 aromatic heterocycles. The lowest BCUT2D eigenvalue weighted by Crippen LogP contribution is -2.22. The van der Waals surface area contributed by atoms with E-state index in [1.807, 2.05) is 6.92 Å². The SMILES string of the molecule is CCNC(=O)c1sc(NCC(F)F)c(C2CC2)c1N. The molecule has 19 heavy (non-hydrogen) atoms. The fourth-order valence-corrected chi connectivity index (χ4v) is 3.08. The molecule has 1 aliphatic rings. The first-order valence-electron chi connectivity index (χ1n) is 6.27. The highest BCUT2D eigenvalue weighted by atomic mass is 32.1. The molecule has 0 aromatic carbocycles. The van der Waals surface area contributed by atoms with E-state index in [2.05, 4.69) is 10.6 Å². The van der Waals surface area contributed by atoms with Gasteiger partial charge in [-0.2, -0.15) is 0 Å². The van der Waals surface area contributed by atoms with Crippen LogP contribution in [-0.2, 0) is 0 Å². The fraction of sp³-hybridized carbons (Fsp3) is 0.583. The lowest BCUT2D eigenvalue weighted by atomic mass is 10.1. The number of alkyl halides is 2. The van der Waals surface area contributed by atoms with Gasteiger partial charge in [0.15, 0.2) is 0 Å². The topological polar surface area (TPSA) is 67.2 Å². The number of anilines is 2. The van der Waals surface area contributed by atoms with Gasteiger partial charge in [0.1, 0.15) is 4.88 Å². The fourth-order valence-electron chi connectivity index (χ4n) is 1.94. The first kappa shape index (κ1) is 14.0. The van der Waals surface area contributed by atoms with Gasteiger partial charge >= 0.3 is 0 Å². The Kier molecular flexibility index (Phi) is 4.24. The standard InChI is InChI=1S/C12H17F2N3OS/c1-2-16-11(18)10-9(15)8(6-3-4-6)12(19-10)17-5-7(13)14/h6-7,17H,2-5,15H2,1H3,(H,16,18). The van der Waals surface area contributed by atoms with Crippen LogP contribution in [0.25, 0.3) is 0 Å². The molecule has 1 aliphatic carbocycles. The minimum absolute atomic E-state index is 0.239. The number of nitrogen functional groups attached to an aromatic ring is 1. The molecule has 1 fully saturated rings. The normalized spacial score (nSPS) is 14.7. The Hall–Kier alpha value is -1.37. The molecule has 0 saturated heterocycles. The van der Waals surface area contributed by atoms with Gasteiger partial charge in [0.25, 0.3) is 12.3 Å². The second-order valence-corrected chi connectivity index (χ2v) is 5.51. The molecule has 2 rings (SSSR count). The van der Waals surface area contributed by atoms with Gasteiger partial charge in [0.2, 0.25) is 0 Å². The van der Waals surface area contributed by atoms with Crippen LogP contribution in [0.5, 0.6) is 0 Å². The maximum absolute atomic E-state index is 12.3. The molecule has 0 unspecified atom stereocenters. The Balaban J connectivity index is 2.25. The number of carbonyl (C=O) groups excluding carboxylic acids is 1. The van der Waals surface area contributed by atoms with E-state index >= 15 is 0 Å². The third kappa shape index (κ3) is 3.15. The maximum atomic E-state index is 12.3. The molecule has 7 heteroatoms. The van der Waals surface area contributed by atoms with Crippen LogP contribution in [0.3, 0.4) is 0 Å². The predicted molar refractivity (Wildman–Crippen MR) is 73.2 cm³/mol. The Bertz CT molecular complexity index is 472. The summed E-state index contributed by atoms with van der Waals surface area (Å²) >= 11 is 1.16. The van der Waals surface area contributed by atoms with Crippen LogP contribution in [-0.4, -0.2) is 25.4 Å². The van der Waals surface area contributed by atoms with Gasteiger partial charge < -0.3 is 16.4 Å². The monoisotopic (exact) mass is 289 g/mol. The number of rotatable bonds is 6. The van der Waals surface area contributed by atoms with Gasteiger partial charge in [-0.05, 0) is 25.7 Å². The van der Waals surface area contributed by atoms with E-state index in [4.69, 9.17) is 5.73 Å². The van der Waals surface area contributed by atoms with Crippen LogP contribution in [0.1, 0.15) is 40.9 Å². The molecule has 1 aromatic rings. The van der Waals surface area contributed by atoms with Gasteiger partial charge in [-0.3, -0.25) is 4.79 Å². The average Bonchev–Trinajstić information content (AvgIpc) is 3.11. The van der Waals surface area contributed by atoms with E-state index in [9.17, 15) is 13.6 Å². The summed E-state index contributed by atoms with van der Waals surface area (Å²) in [6, 6.07) is 0. The van der Waals surface area contributed by atoms with E-state index in [-0.39, 0.29) is 5.91 Å². The quantitative estimate of drug-likeness (QED) is 0.754. The molecule has 1 saturated carbocycles. The van der Waals surface area contributed by atoms with Crippen LogP contribution in [0.4, 0.5) is 19.5 Å². The summed E-state index contributed by atoms with van der Waals surface area (Å²) in [7, 11) is 0. The summed E-state index contributed by atoms with van der Waals surface area (Å²) in [6.45, 7) is 1.91. The zero-order chi connectivity index (χ0) is 14.0. The van der Waals surface area contributed by atoms with Gasteiger partial charge in [0.05, 0.1) is 17.2 Å². The lowest BCUT2D eigenvalue weighted by Gasteiger charge is -2.06. The third-order valence-electron chi connectivity index (χ3n) is 2.93. The molecule has 4 nitrogen and oxygen atoms in total. The number of thiophene rings is 1. The van der Waals surface area contributed by atoms with Crippen molar-refractivity contribution in [3.63, 3.8) is 0 Å². The van der Waals surface area contributed by atoms with Crippen LogP contribution < -0.4 is 16.4 Å². The van der Waals surface area contributed by atoms with E-state index in [0.29, 0.717) is 28.0 Å². The summed E-state index contributed by atoms with van der Waals surface area (Å²) in [6.07, 6.45) is -0.429. The molecule has 1 amide bonds. The van der Waals surface area contributed by atoms with Gasteiger partial charge in [-0.15, -0.1) is 11.3 Å². The molecule has 0 bridgehead atoms. The predicted octanol–water partition coefficient (Wildman–Crippen LogP) is 2.63. The molecule has 0 atom stereocenters. The van der Waals surface area contributed by atoms with Crippen molar-refractivity contribution in [1.29, 1.82) is 0 Å². The number of halogens is 2. The molecule has 1 heterocycles. The molecular formula is C12H17F2N3OS. The Morgan fingerprint density at radius 2 is 2.21 bits per heavy atom. The Labute approximate surface area is 114 Å². The first-order valence-corrected chi connectivity index (χ1v) is 7.08. The van der Waals surface area contributed by atoms with Crippen molar-refractivity contribution in [3.05, 3.63) is 10.4 Å². The van der Waals surface area contributed by atoms with Crippen molar-refractivity contribution in [3.8, 4) is 0 Å². The molecule has 4 N–H and O–H groups in total. The number of carbonyl (C=O) groups is 1. The summed E-state index contributed by atoms with van der Waals surface area (Å²) in [5, 5.41) is 6.00. The van der Waals surface area contributed by atoms with Crippen LogP contribution >= 0.6 is 11.3 Å². The molecule has 106 valence electrons. The van der Waals surface area contributed by atoms with Crippen molar-refractivity contribution in [2.24, 2.45) is 0 Å². The van der Waals surface area contributed by atoms with Crippen LogP contribution in [0.15, 0.2) is 0 Å². The Morgan fingerprint density at radius 1 is 1.53 bits per heavy atom. The van der Waals surface area contributed by atoms with Crippen LogP contribution in [0.2, 0.25) is 0 Å². The van der Waals surface area contributed by atoms with Gasteiger partial charge in [0, 0.05) is 12.1 Å². The molecular weight excluding hydrogens is 272 g/mol. The van der Waals surface area contributed by atoms with Crippen molar-refractivity contribution in [2.75, 3.05) is 24.1 Å². The highest BCUT2D eigenvalue weighted by Gasteiger charge is 2.32. The zero-order valence-electron chi connectivity index (χ0n) is 10.6. The second-order valence-electron chi connectivity index (χ2n) is 4.49. The summed E-state index contributed by atoms with van der Waals surface area (Å²) < 4.78 is 24.6. The number of hydrogen-bond donors (Lipinski definition) is 3. The maximum Gasteiger partial charge on any atom is 0.263 e. The van der Waals surface area contributed by atoms with E-state index in [1.54, 1.807) is 0 Å². The number of amides is 1. The zero-order valence-corrected chi connectivity index (χ0v) is 11.4. The van der Waals surface area contributed by atoms with Gasteiger partial charge in [-0.25, -0.2) is 8.78 Å². The largest absolute Gasteiger partial charge is 0.397 e. The van der Waals surface area contributed by atoms with Crippen molar-refractivity contribution >= 4 is 27.9 Å². The van der Waals surface area contributed by atoms with Gasteiger partial charge in [-0.1, -0.05) is 0 Å². The highest BCUT2D eigenvalue weighted by Crippen LogP contribution is 2.50. The van der Waals surface area contributed by atoms with E-state index in [0.717, 1.165) is 29.7 Å². The summed E-state index contributed by atoms with van der Waals surface area (Å²) in [5.41, 5.74) is 7.28. The number of nitrogens with one attached hydrogen (secondary N) is 2. The van der Waals surface area contributed by atoms with Crippen LogP contribution in [0, 0.1) is 0 Å². The van der Waals surface area contributed by atoms with Crippen molar-refractivity contribution in [1.82, 2.24) is 5.32 Å². The Morgan fingerprint density at radius 3 is 2.74 bits per heavy atom. The second kappa shape index (κ2) is 5.73. The first-order chi connectivity index (χ1) is 9.04. The molecule has 0 aliphatic heterocycles. The van der Waals surface area contributed by atoms with Crippen molar-refractivity contribution in [2.45, 2.75) is 32.1 Å². The third-order valence-corrected chi connectivity index (χ3v) is 4.11. The molecule has 0 radical (unpaired) electrons. The highest BCUT2D eigenvalue weighted by molar-refractivity contribution is 7.18. The number of nitrogens with two attached hydrogens (primary N) is 1.